The molecule has 2 rings (SSSR count). The molecule has 1 aromatic heterocycles. The second-order valence-corrected chi connectivity index (χ2v) is 6.81. The quantitative estimate of drug-likeness (QED) is 0.770. The number of hydrogen-bond donors (Lipinski definition) is 2. The zero-order valence-electron chi connectivity index (χ0n) is 13.7. The van der Waals surface area contributed by atoms with Gasteiger partial charge in [0.05, 0.1) is 5.56 Å². The Bertz CT molecular complexity index is 668. The van der Waals surface area contributed by atoms with E-state index in [1.54, 1.807) is 12.3 Å². The van der Waals surface area contributed by atoms with E-state index < -0.39 is 0 Å². The van der Waals surface area contributed by atoms with Crippen molar-refractivity contribution in [3.8, 4) is 0 Å². The fraction of sp³-hybridized carbons (Fsp3) is 0.333. The van der Waals surface area contributed by atoms with Gasteiger partial charge in [0.15, 0.2) is 0 Å². The topological polar surface area (TPSA) is 54.0 Å². The van der Waals surface area contributed by atoms with Crippen molar-refractivity contribution in [3.63, 3.8) is 0 Å². The summed E-state index contributed by atoms with van der Waals surface area (Å²) < 4.78 is 1.05. The van der Waals surface area contributed by atoms with Gasteiger partial charge in [-0.15, -0.1) is 0 Å². The molecule has 0 unspecified atom stereocenters. The largest absolute Gasteiger partial charge is 0.352 e. The highest BCUT2D eigenvalue weighted by atomic mass is 79.9. The van der Waals surface area contributed by atoms with Crippen molar-refractivity contribution >= 4 is 33.3 Å². The molecule has 0 spiro atoms. The van der Waals surface area contributed by atoms with Crippen LogP contribution >= 0.6 is 15.9 Å². The van der Waals surface area contributed by atoms with Crippen molar-refractivity contribution in [2.24, 2.45) is 5.92 Å². The van der Waals surface area contributed by atoms with Crippen LogP contribution in [0.2, 0.25) is 0 Å². The summed E-state index contributed by atoms with van der Waals surface area (Å²) in [6, 6.07) is 9.62. The first-order valence-electron chi connectivity index (χ1n) is 7.73. The first-order chi connectivity index (χ1) is 11.0. The number of hydrogen-bond acceptors (Lipinski definition) is 3. The van der Waals surface area contributed by atoms with Crippen molar-refractivity contribution in [2.75, 3.05) is 11.9 Å². The smallest absolute Gasteiger partial charge is 0.252 e. The number of halogens is 1. The van der Waals surface area contributed by atoms with Crippen LogP contribution < -0.4 is 10.6 Å². The van der Waals surface area contributed by atoms with E-state index in [1.807, 2.05) is 31.2 Å². The molecule has 0 aliphatic carbocycles. The Kier molecular flexibility index (Phi) is 6.16. The van der Waals surface area contributed by atoms with Crippen molar-refractivity contribution in [1.82, 2.24) is 10.3 Å². The highest BCUT2D eigenvalue weighted by Crippen LogP contribution is 2.22. The maximum Gasteiger partial charge on any atom is 0.252 e. The number of anilines is 2. The van der Waals surface area contributed by atoms with Gasteiger partial charge in [0, 0.05) is 22.9 Å². The number of benzene rings is 1. The Morgan fingerprint density at radius 1 is 1.26 bits per heavy atom. The maximum absolute atomic E-state index is 12.0. The number of rotatable bonds is 6. The minimum Gasteiger partial charge on any atom is -0.352 e. The molecule has 0 bridgehead atoms. The molecule has 0 saturated heterocycles. The van der Waals surface area contributed by atoms with Gasteiger partial charge in [0.25, 0.3) is 5.91 Å². The maximum atomic E-state index is 12.0. The molecule has 1 aromatic carbocycles. The number of pyridine rings is 1. The van der Waals surface area contributed by atoms with Crippen molar-refractivity contribution in [3.05, 3.63) is 52.1 Å². The lowest BCUT2D eigenvalue weighted by Crippen LogP contribution is -2.25. The van der Waals surface area contributed by atoms with Gasteiger partial charge in [-0.25, -0.2) is 4.98 Å². The zero-order chi connectivity index (χ0) is 16.8. The van der Waals surface area contributed by atoms with Crippen LogP contribution in [0, 0.1) is 12.8 Å². The van der Waals surface area contributed by atoms with Gasteiger partial charge in [-0.2, -0.15) is 0 Å². The lowest BCUT2D eigenvalue weighted by Gasteiger charge is -2.09. The molecule has 0 fully saturated rings. The first kappa shape index (κ1) is 17.5. The molecule has 2 aromatic rings. The van der Waals surface area contributed by atoms with Gasteiger partial charge in [-0.1, -0.05) is 35.8 Å². The number of amides is 1. The van der Waals surface area contributed by atoms with Crippen LogP contribution in [0.4, 0.5) is 11.5 Å². The van der Waals surface area contributed by atoms with Gasteiger partial charge in [0.1, 0.15) is 5.82 Å². The lowest BCUT2D eigenvalue weighted by molar-refractivity contribution is 0.0951. The van der Waals surface area contributed by atoms with Crippen LogP contribution in [0.3, 0.4) is 0 Å². The van der Waals surface area contributed by atoms with E-state index in [0.717, 1.165) is 16.6 Å². The van der Waals surface area contributed by atoms with E-state index in [4.69, 9.17) is 0 Å². The number of nitrogens with one attached hydrogen (secondary N) is 2. The third kappa shape index (κ3) is 5.36. The molecule has 5 heteroatoms. The summed E-state index contributed by atoms with van der Waals surface area (Å²) in [6.07, 6.45) is 2.57. The van der Waals surface area contributed by atoms with E-state index in [-0.39, 0.29) is 5.91 Å². The molecule has 4 nitrogen and oxygen atoms in total. The SMILES string of the molecule is Cc1ccc(Nc2ccc(C(=O)NCCC(C)C)cn2)cc1Br. The summed E-state index contributed by atoms with van der Waals surface area (Å²) in [5, 5.41) is 6.13. The van der Waals surface area contributed by atoms with Crippen LogP contribution in [0.25, 0.3) is 0 Å². The summed E-state index contributed by atoms with van der Waals surface area (Å²) in [6.45, 7) is 7.00. The fourth-order valence-corrected chi connectivity index (χ4v) is 2.38. The number of aryl methyl sites for hydroxylation is 1. The van der Waals surface area contributed by atoms with E-state index >= 15 is 0 Å². The van der Waals surface area contributed by atoms with Crippen molar-refractivity contribution < 1.29 is 4.79 Å². The fourth-order valence-electron chi connectivity index (χ4n) is 2.00. The molecule has 0 radical (unpaired) electrons. The van der Waals surface area contributed by atoms with Crippen LogP contribution in [0.1, 0.15) is 36.2 Å². The molecular weight excluding hydrogens is 354 g/mol. The Morgan fingerprint density at radius 2 is 2.04 bits per heavy atom. The highest BCUT2D eigenvalue weighted by molar-refractivity contribution is 9.10. The van der Waals surface area contributed by atoms with Gasteiger partial charge >= 0.3 is 0 Å². The van der Waals surface area contributed by atoms with Crippen LogP contribution in [-0.2, 0) is 0 Å². The number of nitrogens with zero attached hydrogens (tertiary/aromatic N) is 1. The Hall–Kier alpha value is -1.88. The summed E-state index contributed by atoms with van der Waals surface area (Å²) in [4.78, 5) is 16.3. The van der Waals surface area contributed by atoms with Gasteiger partial charge in [-0.05, 0) is 49.1 Å². The molecule has 2 N–H and O–H groups in total. The van der Waals surface area contributed by atoms with Crippen LogP contribution in [-0.4, -0.2) is 17.4 Å². The minimum absolute atomic E-state index is 0.0808. The van der Waals surface area contributed by atoms with E-state index in [9.17, 15) is 4.79 Å². The second kappa shape index (κ2) is 8.11. The normalized spacial score (nSPS) is 10.7. The molecule has 122 valence electrons. The summed E-state index contributed by atoms with van der Waals surface area (Å²) in [5.74, 6) is 1.20. The van der Waals surface area contributed by atoms with E-state index in [0.29, 0.717) is 23.8 Å². The van der Waals surface area contributed by atoms with Crippen LogP contribution in [0.5, 0.6) is 0 Å². The molecule has 0 aliphatic rings. The third-order valence-corrected chi connectivity index (χ3v) is 4.33. The van der Waals surface area contributed by atoms with Gasteiger partial charge in [-0.3, -0.25) is 4.79 Å². The van der Waals surface area contributed by atoms with Gasteiger partial charge < -0.3 is 10.6 Å². The second-order valence-electron chi connectivity index (χ2n) is 5.96. The molecule has 0 saturated carbocycles. The Labute approximate surface area is 145 Å². The Morgan fingerprint density at radius 3 is 2.65 bits per heavy atom. The minimum atomic E-state index is -0.0808. The average Bonchev–Trinajstić information content (AvgIpc) is 2.51. The predicted molar refractivity (Wildman–Crippen MR) is 98.2 cm³/mol. The zero-order valence-corrected chi connectivity index (χ0v) is 15.3. The predicted octanol–water partition coefficient (Wildman–Crippen LogP) is 4.67. The van der Waals surface area contributed by atoms with Crippen molar-refractivity contribution in [1.29, 1.82) is 0 Å². The van der Waals surface area contributed by atoms with Crippen LogP contribution in [0.15, 0.2) is 41.0 Å². The standard InChI is InChI=1S/C18H22BrN3O/c1-12(2)8-9-20-18(23)14-5-7-17(21-11-14)22-15-6-4-13(3)16(19)10-15/h4-7,10-12H,8-9H2,1-3H3,(H,20,23)(H,21,22). The molecule has 0 aliphatic heterocycles. The highest BCUT2D eigenvalue weighted by Gasteiger charge is 2.06. The van der Waals surface area contributed by atoms with Crippen molar-refractivity contribution in [2.45, 2.75) is 27.2 Å². The lowest BCUT2D eigenvalue weighted by atomic mass is 10.1. The summed E-state index contributed by atoms with van der Waals surface area (Å²) >= 11 is 3.51. The summed E-state index contributed by atoms with van der Waals surface area (Å²) in [7, 11) is 0. The monoisotopic (exact) mass is 375 g/mol. The molecular formula is C18H22BrN3O. The first-order valence-corrected chi connectivity index (χ1v) is 8.52. The van der Waals surface area contributed by atoms with Gasteiger partial charge in [0.2, 0.25) is 0 Å². The molecule has 1 amide bonds. The van der Waals surface area contributed by atoms with E-state index in [2.05, 4.69) is 45.4 Å². The number of carbonyl (C=O) groups is 1. The average molecular weight is 376 g/mol. The molecule has 23 heavy (non-hydrogen) atoms. The number of carbonyl (C=O) groups excluding carboxylic acids is 1. The molecule has 1 heterocycles. The van der Waals surface area contributed by atoms with E-state index in [1.165, 1.54) is 5.56 Å². The Balaban J connectivity index is 1.96. The molecule has 0 atom stereocenters. The summed E-state index contributed by atoms with van der Waals surface area (Å²) in [5.41, 5.74) is 2.70. The third-order valence-electron chi connectivity index (χ3n) is 3.48. The number of aromatic nitrogens is 1.